The zero-order valence-electron chi connectivity index (χ0n) is 6.70. The second-order valence-electron chi connectivity index (χ2n) is 2.49. The summed E-state index contributed by atoms with van der Waals surface area (Å²) in [6.07, 6.45) is 5.87. The standard InChI is InChI=1S/C8H15ClN2/c9-6-5-8(11)4-2-1-3-7-10/h7,10-11H,1-6H2. The Morgan fingerprint density at radius 1 is 1.27 bits per heavy atom. The number of unbranched alkanes of at least 4 members (excludes halogenated alkanes) is 2. The number of alkyl halides is 1. The van der Waals surface area contributed by atoms with E-state index < -0.39 is 0 Å². The molecule has 0 aliphatic rings. The molecule has 0 aliphatic carbocycles. The molecular weight excluding hydrogens is 160 g/mol. The van der Waals surface area contributed by atoms with E-state index in [0.29, 0.717) is 12.3 Å². The van der Waals surface area contributed by atoms with E-state index in [0.717, 1.165) is 31.4 Å². The van der Waals surface area contributed by atoms with Crippen LogP contribution in [0.3, 0.4) is 0 Å². The van der Waals surface area contributed by atoms with Gasteiger partial charge in [0.05, 0.1) is 0 Å². The molecule has 0 aliphatic heterocycles. The quantitative estimate of drug-likeness (QED) is 0.339. The summed E-state index contributed by atoms with van der Waals surface area (Å²) in [6.45, 7) is 0. The van der Waals surface area contributed by atoms with Gasteiger partial charge in [-0.25, -0.2) is 0 Å². The average molecular weight is 175 g/mol. The van der Waals surface area contributed by atoms with Crippen molar-refractivity contribution < 1.29 is 0 Å². The summed E-state index contributed by atoms with van der Waals surface area (Å²) < 4.78 is 0. The molecule has 0 aromatic rings. The number of hydrogen-bond acceptors (Lipinski definition) is 2. The molecule has 0 fully saturated rings. The van der Waals surface area contributed by atoms with Crippen molar-refractivity contribution in [2.75, 3.05) is 5.88 Å². The van der Waals surface area contributed by atoms with Crippen molar-refractivity contribution in [1.29, 1.82) is 10.8 Å². The highest BCUT2D eigenvalue weighted by atomic mass is 35.5. The molecule has 0 spiro atoms. The predicted molar refractivity (Wildman–Crippen MR) is 50.3 cm³/mol. The lowest BCUT2D eigenvalue weighted by Crippen LogP contribution is -1.96. The molecule has 0 bridgehead atoms. The average Bonchev–Trinajstić information content (AvgIpc) is 1.99. The Balaban J connectivity index is 3.10. The molecule has 2 N–H and O–H groups in total. The highest BCUT2D eigenvalue weighted by molar-refractivity contribution is 6.19. The summed E-state index contributed by atoms with van der Waals surface area (Å²) in [7, 11) is 0. The lowest BCUT2D eigenvalue weighted by atomic mass is 10.1. The largest absolute Gasteiger partial charge is 0.313 e. The van der Waals surface area contributed by atoms with Crippen LogP contribution in [0.1, 0.15) is 32.1 Å². The Bertz CT molecular complexity index is 123. The van der Waals surface area contributed by atoms with Gasteiger partial charge in [0.1, 0.15) is 0 Å². The minimum Gasteiger partial charge on any atom is -0.313 e. The van der Waals surface area contributed by atoms with Gasteiger partial charge in [-0.15, -0.1) is 11.6 Å². The summed E-state index contributed by atoms with van der Waals surface area (Å²) in [5, 5.41) is 14.2. The number of hydrogen-bond donors (Lipinski definition) is 2. The highest BCUT2D eigenvalue weighted by Crippen LogP contribution is 2.01. The number of rotatable bonds is 7. The van der Waals surface area contributed by atoms with E-state index in [1.807, 2.05) is 0 Å². The minimum atomic E-state index is 0.559. The van der Waals surface area contributed by atoms with Crippen molar-refractivity contribution >= 4 is 23.5 Å². The van der Waals surface area contributed by atoms with Crippen molar-refractivity contribution in [3.05, 3.63) is 0 Å². The van der Waals surface area contributed by atoms with Crippen molar-refractivity contribution in [2.24, 2.45) is 0 Å². The highest BCUT2D eigenvalue weighted by Gasteiger charge is 1.94. The molecule has 0 saturated heterocycles. The summed E-state index contributed by atoms with van der Waals surface area (Å²) in [5.41, 5.74) is 0.741. The molecule has 0 heterocycles. The van der Waals surface area contributed by atoms with Gasteiger partial charge in [-0.2, -0.15) is 0 Å². The topological polar surface area (TPSA) is 47.7 Å². The van der Waals surface area contributed by atoms with E-state index in [-0.39, 0.29) is 0 Å². The zero-order valence-corrected chi connectivity index (χ0v) is 7.45. The van der Waals surface area contributed by atoms with Crippen LogP contribution in [-0.2, 0) is 0 Å². The van der Waals surface area contributed by atoms with Crippen LogP contribution in [0.2, 0.25) is 0 Å². The van der Waals surface area contributed by atoms with Gasteiger partial charge in [0.15, 0.2) is 0 Å². The van der Waals surface area contributed by atoms with Gasteiger partial charge in [-0.3, -0.25) is 0 Å². The number of nitrogens with one attached hydrogen (secondary N) is 2. The Hall–Kier alpha value is -0.370. The SMILES string of the molecule is N=CCCCCC(=N)CCCl. The van der Waals surface area contributed by atoms with Crippen LogP contribution in [0, 0.1) is 10.8 Å². The predicted octanol–water partition coefficient (Wildman–Crippen LogP) is 2.85. The third-order valence-electron chi connectivity index (χ3n) is 1.47. The first-order valence-electron chi connectivity index (χ1n) is 3.92. The molecule has 0 aromatic heterocycles. The third-order valence-corrected chi connectivity index (χ3v) is 1.66. The van der Waals surface area contributed by atoms with Crippen LogP contribution in [0.15, 0.2) is 0 Å². The van der Waals surface area contributed by atoms with E-state index in [2.05, 4.69) is 0 Å². The first kappa shape index (κ1) is 10.6. The first-order valence-corrected chi connectivity index (χ1v) is 4.46. The Labute approximate surface area is 73.0 Å². The van der Waals surface area contributed by atoms with E-state index >= 15 is 0 Å². The Morgan fingerprint density at radius 2 is 2.00 bits per heavy atom. The fourth-order valence-electron chi connectivity index (χ4n) is 0.824. The normalized spacial score (nSPS) is 9.55. The van der Waals surface area contributed by atoms with Gasteiger partial charge in [0, 0.05) is 11.6 Å². The smallest absolute Gasteiger partial charge is 0.0275 e. The second kappa shape index (κ2) is 7.73. The second-order valence-corrected chi connectivity index (χ2v) is 2.87. The summed E-state index contributed by atoms with van der Waals surface area (Å²) in [4.78, 5) is 0. The lowest BCUT2D eigenvalue weighted by molar-refractivity contribution is 0.790. The molecule has 0 unspecified atom stereocenters. The van der Waals surface area contributed by atoms with Crippen LogP contribution in [0.25, 0.3) is 0 Å². The molecule has 11 heavy (non-hydrogen) atoms. The maximum atomic E-state index is 7.38. The van der Waals surface area contributed by atoms with Crippen molar-refractivity contribution in [3.63, 3.8) is 0 Å². The molecule has 0 aromatic carbocycles. The van der Waals surface area contributed by atoms with Crippen LogP contribution in [0.4, 0.5) is 0 Å². The summed E-state index contributed by atoms with van der Waals surface area (Å²) in [6, 6.07) is 0. The summed E-state index contributed by atoms with van der Waals surface area (Å²) in [5.74, 6) is 0.559. The van der Waals surface area contributed by atoms with Gasteiger partial charge >= 0.3 is 0 Å². The van der Waals surface area contributed by atoms with Gasteiger partial charge in [0.25, 0.3) is 0 Å². The van der Waals surface area contributed by atoms with Crippen LogP contribution >= 0.6 is 11.6 Å². The molecule has 3 heteroatoms. The molecule has 0 saturated carbocycles. The van der Waals surface area contributed by atoms with Gasteiger partial charge in [-0.1, -0.05) is 0 Å². The molecule has 64 valence electrons. The molecule has 0 radical (unpaired) electrons. The fourth-order valence-corrected chi connectivity index (χ4v) is 1.05. The molecule has 0 amide bonds. The summed E-state index contributed by atoms with van der Waals surface area (Å²) >= 11 is 5.46. The number of halogens is 1. The third kappa shape index (κ3) is 7.53. The van der Waals surface area contributed by atoms with Gasteiger partial charge in [0.2, 0.25) is 0 Å². The Morgan fingerprint density at radius 3 is 2.55 bits per heavy atom. The maximum absolute atomic E-state index is 7.38. The van der Waals surface area contributed by atoms with E-state index in [9.17, 15) is 0 Å². The van der Waals surface area contributed by atoms with Crippen molar-refractivity contribution in [2.45, 2.75) is 32.1 Å². The lowest BCUT2D eigenvalue weighted by Gasteiger charge is -1.99. The van der Waals surface area contributed by atoms with Gasteiger partial charge < -0.3 is 10.8 Å². The Kier molecular flexibility index (Phi) is 7.47. The molecular formula is C8H15ClN2. The molecule has 2 nitrogen and oxygen atoms in total. The van der Waals surface area contributed by atoms with E-state index in [1.165, 1.54) is 6.21 Å². The van der Waals surface area contributed by atoms with Crippen LogP contribution < -0.4 is 0 Å². The van der Waals surface area contributed by atoms with Crippen molar-refractivity contribution in [3.8, 4) is 0 Å². The maximum Gasteiger partial charge on any atom is 0.0275 e. The van der Waals surface area contributed by atoms with E-state index in [1.54, 1.807) is 0 Å². The minimum absolute atomic E-state index is 0.559. The monoisotopic (exact) mass is 174 g/mol. The molecule has 0 atom stereocenters. The van der Waals surface area contributed by atoms with Gasteiger partial charge in [-0.05, 0) is 38.3 Å². The molecule has 0 rings (SSSR count). The fraction of sp³-hybridized carbons (Fsp3) is 0.750. The zero-order chi connectivity index (χ0) is 8.53. The van der Waals surface area contributed by atoms with Crippen molar-refractivity contribution in [1.82, 2.24) is 0 Å². The first-order chi connectivity index (χ1) is 5.31. The van der Waals surface area contributed by atoms with Crippen LogP contribution in [0.5, 0.6) is 0 Å². The van der Waals surface area contributed by atoms with Crippen LogP contribution in [-0.4, -0.2) is 17.8 Å². The van der Waals surface area contributed by atoms with E-state index in [4.69, 9.17) is 22.4 Å².